The molecule has 1 aromatic heterocycles. The fraction of sp³-hybridized carbons (Fsp3) is 0.188. The van der Waals surface area contributed by atoms with Gasteiger partial charge < -0.3 is 14.6 Å². The molecular weight excluding hydrogens is 318 g/mol. The van der Waals surface area contributed by atoms with Gasteiger partial charge in [0.15, 0.2) is 6.10 Å². The second-order valence-corrected chi connectivity index (χ2v) is 5.62. The number of hydrogen-bond donors (Lipinski definition) is 1. The Morgan fingerprint density at radius 2 is 2.13 bits per heavy atom. The predicted molar refractivity (Wildman–Crippen MR) is 86.5 cm³/mol. The van der Waals surface area contributed by atoms with E-state index in [4.69, 9.17) is 9.84 Å². The highest BCUT2D eigenvalue weighted by molar-refractivity contribution is 7.14. The van der Waals surface area contributed by atoms with Gasteiger partial charge in [0, 0.05) is 0 Å². The van der Waals surface area contributed by atoms with E-state index in [1.165, 1.54) is 31.6 Å². The first-order chi connectivity index (χ1) is 11.0. The number of aliphatic carboxylic acids is 1. The van der Waals surface area contributed by atoms with Crippen molar-refractivity contribution in [1.82, 2.24) is 4.98 Å². The molecule has 0 amide bonds. The van der Waals surface area contributed by atoms with Crippen LogP contribution in [0.15, 0.2) is 30.5 Å². The average Bonchev–Trinajstić information content (AvgIpc) is 3.01. The van der Waals surface area contributed by atoms with Gasteiger partial charge in [-0.3, -0.25) is 0 Å². The molecule has 0 fully saturated rings. The van der Waals surface area contributed by atoms with Crippen LogP contribution < -0.4 is 4.74 Å². The summed E-state index contributed by atoms with van der Waals surface area (Å²) in [6, 6.07) is 7.04. The molecule has 1 N–H and O–H groups in total. The second kappa shape index (κ2) is 7.55. The Hall–Kier alpha value is -2.67. The molecule has 23 heavy (non-hydrogen) atoms. The third kappa shape index (κ3) is 4.65. The van der Waals surface area contributed by atoms with E-state index in [9.17, 15) is 9.59 Å². The molecule has 1 atom stereocenters. The number of hydrogen-bond acceptors (Lipinski definition) is 6. The smallest absolute Gasteiger partial charge is 0.349 e. The Balaban J connectivity index is 2.09. The van der Waals surface area contributed by atoms with Crippen molar-refractivity contribution in [2.24, 2.45) is 0 Å². The van der Waals surface area contributed by atoms with Crippen LogP contribution in [0.25, 0.3) is 12.2 Å². The highest BCUT2D eigenvalue weighted by Crippen LogP contribution is 2.19. The minimum atomic E-state index is -1.02. The van der Waals surface area contributed by atoms with Crippen molar-refractivity contribution >= 4 is 35.4 Å². The maximum absolute atomic E-state index is 11.4. The van der Waals surface area contributed by atoms with Crippen LogP contribution in [0.1, 0.15) is 27.2 Å². The van der Waals surface area contributed by atoms with E-state index in [1.54, 1.807) is 30.4 Å². The fourth-order valence-corrected chi connectivity index (χ4v) is 2.41. The number of carboxylic acid groups (broad SMARTS) is 1. The molecule has 0 aliphatic carbocycles. The summed E-state index contributed by atoms with van der Waals surface area (Å²) in [4.78, 5) is 26.7. The third-order valence-electron chi connectivity index (χ3n) is 2.85. The van der Waals surface area contributed by atoms with E-state index in [2.05, 4.69) is 9.72 Å². The summed E-state index contributed by atoms with van der Waals surface area (Å²) < 4.78 is 9.94. The minimum absolute atomic E-state index is 0.416. The number of nitrogens with zero attached hydrogens (tertiary/aromatic N) is 1. The minimum Gasteiger partial charge on any atom is -0.479 e. The first-order valence-corrected chi connectivity index (χ1v) is 7.53. The zero-order valence-corrected chi connectivity index (χ0v) is 13.4. The maximum Gasteiger partial charge on any atom is 0.349 e. The molecule has 0 bridgehead atoms. The van der Waals surface area contributed by atoms with Crippen LogP contribution in [0.5, 0.6) is 5.75 Å². The third-order valence-corrected chi connectivity index (χ3v) is 3.79. The van der Waals surface area contributed by atoms with Crippen LogP contribution in [-0.2, 0) is 9.53 Å². The molecule has 2 aromatic rings. The Morgan fingerprint density at radius 3 is 2.83 bits per heavy atom. The summed E-state index contributed by atoms with van der Waals surface area (Å²) in [6.07, 6.45) is 4.11. The van der Waals surface area contributed by atoms with Crippen molar-refractivity contribution in [3.05, 3.63) is 45.9 Å². The van der Waals surface area contributed by atoms with Crippen LogP contribution in [0.2, 0.25) is 0 Å². The van der Waals surface area contributed by atoms with Crippen molar-refractivity contribution in [3.8, 4) is 5.75 Å². The number of carboxylic acids is 1. The number of esters is 1. The summed E-state index contributed by atoms with van der Waals surface area (Å²) >= 11 is 1.22. The molecule has 2 rings (SSSR count). The van der Waals surface area contributed by atoms with Crippen LogP contribution in [0.4, 0.5) is 0 Å². The molecule has 6 nitrogen and oxygen atoms in total. The highest BCUT2D eigenvalue weighted by Gasteiger charge is 2.12. The van der Waals surface area contributed by atoms with Gasteiger partial charge in [-0.05, 0) is 30.7 Å². The molecule has 1 heterocycles. The van der Waals surface area contributed by atoms with Crippen molar-refractivity contribution < 1.29 is 24.2 Å². The summed E-state index contributed by atoms with van der Waals surface area (Å²) in [5, 5.41) is 9.51. The molecule has 1 aromatic carbocycles. The van der Waals surface area contributed by atoms with E-state index in [1.807, 2.05) is 6.07 Å². The summed E-state index contributed by atoms with van der Waals surface area (Å²) in [5.74, 6) is -0.972. The molecule has 0 aliphatic rings. The first kappa shape index (κ1) is 16.7. The Labute approximate surface area is 137 Å². The van der Waals surface area contributed by atoms with Crippen LogP contribution in [-0.4, -0.2) is 35.2 Å². The van der Waals surface area contributed by atoms with Crippen molar-refractivity contribution in [2.45, 2.75) is 13.0 Å². The number of benzene rings is 1. The topological polar surface area (TPSA) is 85.7 Å². The molecule has 0 aliphatic heterocycles. The lowest BCUT2D eigenvalue weighted by molar-refractivity contribution is -0.144. The molecule has 0 saturated carbocycles. The van der Waals surface area contributed by atoms with Gasteiger partial charge in [-0.1, -0.05) is 18.2 Å². The van der Waals surface area contributed by atoms with Crippen molar-refractivity contribution in [1.29, 1.82) is 0 Å². The number of aromatic nitrogens is 1. The number of thiazole rings is 1. The van der Waals surface area contributed by atoms with E-state index < -0.39 is 18.0 Å². The maximum atomic E-state index is 11.4. The van der Waals surface area contributed by atoms with Gasteiger partial charge in [-0.2, -0.15) is 0 Å². The van der Waals surface area contributed by atoms with Crippen molar-refractivity contribution in [3.63, 3.8) is 0 Å². The fourth-order valence-electron chi connectivity index (χ4n) is 1.67. The van der Waals surface area contributed by atoms with Crippen LogP contribution in [0, 0.1) is 0 Å². The standard InChI is InChI=1S/C16H15NO5S/c1-10(15(18)19)22-12-5-3-4-11(8-12)6-7-14-17-9-13(23-14)16(20)21-2/h3-10H,1-2H3,(H,18,19)/b7-6+. The van der Waals surface area contributed by atoms with Gasteiger partial charge >= 0.3 is 11.9 Å². The summed E-state index contributed by atoms with van der Waals surface area (Å²) in [6.45, 7) is 1.47. The van der Waals surface area contributed by atoms with E-state index in [0.717, 1.165) is 5.56 Å². The van der Waals surface area contributed by atoms with Gasteiger partial charge in [0.2, 0.25) is 0 Å². The van der Waals surface area contributed by atoms with Gasteiger partial charge in [-0.15, -0.1) is 11.3 Å². The zero-order chi connectivity index (χ0) is 16.8. The lowest BCUT2D eigenvalue weighted by Crippen LogP contribution is -2.22. The van der Waals surface area contributed by atoms with Crippen molar-refractivity contribution in [2.75, 3.05) is 7.11 Å². The second-order valence-electron chi connectivity index (χ2n) is 4.56. The number of methoxy groups -OCH3 is 1. The number of carbonyl (C=O) groups is 2. The highest BCUT2D eigenvalue weighted by atomic mass is 32.1. The largest absolute Gasteiger partial charge is 0.479 e. The molecule has 120 valence electrons. The predicted octanol–water partition coefficient (Wildman–Crippen LogP) is 2.95. The monoisotopic (exact) mass is 333 g/mol. The normalized spacial score (nSPS) is 12.1. The molecule has 0 saturated heterocycles. The number of carbonyl (C=O) groups excluding carboxylic acids is 1. The van der Waals surface area contributed by atoms with Gasteiger partial charge in [0.1, 0.15) is 15.6 Å². The Kier molecular flexibility index (Phi) is 5.48. The molecule has 0 spiro atoms. The molecular formula is C16H15NO5S. The molecule has 1 unspecified atom stereocenters. The van der Waals surface area contributed by atoms with Gasteiger partial charge in [-0.25, -0.2) is 14.6 Å². The van der Waals surface area contributed by atoms with E-state index >= 15 is 0 Å². The van der Waals surface area contributed by atoms with E-state index in [0.29, 0.717) is 15.6 Å². The SMILES string of the molecule is COC(=O)c1cnc(/C=C/c2cccc(OC(C)C(=O)O)c2)s1. The first-order valence-electron chi connectivity index (χ1n) is 6.71. The number of ether oxygens (including phenoxy) is 2. The molecule has 0 radical (unpaired) electrons. The van der Waals surface area contributed by atoms with Crippen LogP contribution >= 0.6 is 11.3 Å². The zero-order valence-electron chi connectivity index (χ0n) is 12.6. The quantitative estimate of drug-likeness (QED) is 0.818. The average molecular weight is 333 g/mol. The van der Waals surface area contributed by atoms with Gasteiger partial charge in [0.05, 0.1) is 13.3 Å². The molecule has 7 heteroatoms. The van der Waals surface area contributed by atoms with Gasteiger partial charge in [0.25, 0.3) is 0 Å². The Morgan fingerprint density at radius 1 is 1.35 bits per heavy atom. The Bertz CT molecular complexity index is 738. The van der Waals surface area contributed by atoms with Crippen LogP contribution in [0.3, 0.4) is 0 Å². The summed E-state index contributed by atoms with van der Waals surface area (Å²) in [5.41, 5.74) is 0.829. The number of rotatable bonds is 6. The lowest BCUT2D eigenvalue weighted by Gasteiger charge is -2.10. The summed E-state index contributed by atoms with van der Waals surface area (Å²) in [7, 11) is 1.32. The lowest BCUT2D eigenvalue weighted by atomic mass is 10.2. The van der Waals surface area contributed by atoms with E-state index in [-0.39, 0.29) is 0 Å².